The van der Waals surface area contributed by atoms with Gasteiger partial charge in [0.1, 0.15) is 5.82 Å². The lowest BCUT2D eigenvalue weighted by molar-refractivity contribution is -0.146. The molecule has 0 bridgehead atoms. The van der Waals surface area contributed by atoms with Gasteiger partial charge in [0.15, 0.2) is 0 Å². The van der Waals surface area contributed by atoms with E-state index in [0.29, 0.717) is 36.3 Å². The summed E-state index contributed by atoms with van der Waals surface area (Å²) >= 11 is 0. The SMILES string of the molecule is CCc1cc(NC(=O)C(=O)N2C[C@@H](C)CC[C@@H]2c2cccc([C@@H]3CCCN(C)C3)c2)cnc1N. The second-order valence-corrected chi connectivity index (χ2v) is 10.0. The number of carbonyl (C=O) groups is 2. The van der Waals surface area contributed by atoms with E-state index >= 15 is 0 Å². The minimum Gasteiger partial charge on any atom is -0.383 e. The largest absolute Gasteiger partial charge is 0.383 e. The number of amides is 2. The standard InChI is InChI=1S/C27H37N5O2/c1-4-19-14-23(15-29-25(19)28)30-26(33)27(34)32-16-18(2)10-11-24(32)21-8-5-7-20(13-21)22-9-6-12-31(3)17-22/h5,7-8,13-15,18,22,24H,4,6,9-12,16-17H2,1-3H3,(H2,28,29)(H,30,33)/t18-,22+,24+/m0/s1. The average molecular weight is 464 g/mol. The lowest BCUT2D eigenvalue weighted by Crippen LogP contribution is -2.46. The van der Waals surface area contributed by atoms with Gasteiger partial charge in [-0.15, -0.1) is 0 Å². The quantitative estimate of drug-likeness (QED) is 0.670. The fraction of sp³-hybridized carbons (Fsp3) is 0.519. The van der Waals surface area contributed by atoms with Crippen LogP contribution in [0.1, 0.15) is 68.2 Å². The summed E-state index contributed by atoms with van der Waals surface area (Å²) in [7, 11) is 2.18. The van der Waals surface area contributed by atoms with Crippen molar-refractivity contribution in [2.24, 2.45) is 5.92 Å². The third kappa shape index (κ3) is 5.41. The summed E-state index contributed by atoms with van der Waals surface area (Å²) in [5, 5.41) is 2.74. The molecule has 2 saturated heterocycles. The van der Waals surface area contributed by atoms with Crippen LogP contribution in [0, 0.1) is 5.92 Å². The van der Waals surface area contributed by atoms with E-state index in [4.69, 9.17) is 5.73 Å². The minimum atomic E-state index is -0.627. The number of benzene rings is 1. The van der Waals surface area contributed by atoms with Crippen LogP contribution >= 0.6 is 0 Å². The summed E-state index contributed by atoms with van der Waals surface area (Å²) in [6, 6.07) is 10.4. The number of nitrogens with zero attached hydrogens (tertiary/aromatic N) is 3. The first-order chi connectivity index (χ1) is 16.4. The molecule has 34 heavy (non-hydrogen) atoms. The normalized spacial score (nSPS) is 23.5. The average Bonchev–Trinajstić information content (AvgIpc) is 2.84. The minimum absolute atomic E-state index is 0.0912. The van der Waals surface area contributed by atoms with Crippen molar-refractivity contribution in [1.82, 2.24) is 14.8 Å². The number of nitrogens with two attached hydrogens (primary N) is 1. The Morgan fingerprint density at radius 3 is 2.71 bits per heavy atom. The van der Waals surface area contributed by atoms with Gasteiger partial charge in [-0.25, -0.2) is 4.98 Å². The van der Waals surface area contributed by atoms with Crippen LogP contribution in [0.25, 0.3) is 0 Å². The Morgan fingerprint density at radius 1 is 1.15 bits per heavy atom. The van der Waals surface area contributed by atoms with Crippen LogP contribution in [0.3, 0.4) is 0 Å². The zero-order valence-corrected chi connectivity index (χ0v) is 20.6. The predicted molar refractivity (Wildman–Crippen MR) is 135 cm³/mol. The number of likely N-dealkylation sites (tertiary alicyclic amines) is 2. The Kier molecular flexibility index (Phi) is 7.51. The highest BCUT2D eigenvalue weighted by Gasteiger charge is 2.34. The smallest absolute Gasteiger partial charge is 0.313 e. The Morgan fingerprint density at radius 2 is 1.94 bits per heavy atom. The van der Waals surface area contributed by atoms with Gasteiger partial charge in [-0.2, -0.15) is 0 Å². The lowest BCUT2D eigenvalue weighted by atomic mass is 9.86. The molecule has 3 heterocycles. The highest BCUT2D eigenvalue weighted by Crippen LogP contribution is 2.36. The van der Waals surface area contributed by atoms with Crippen LogP contribution in [-0.2, 0) is 16.0 Å². The van der Waals surface area contributed by atoms with Crippen molar-refractivity contribution in [3.05, 3.63) is 53.2 Å². The van der Waals surface area contributed by atoms with Gasteiger partial charge in [0.05, 0.1) is 17.9 Å². The molecule has 0 unspecified atom stereocenters. The monoisotopic (exact) mass is 463 g/mol. The number of nitrogen functional groups attached to an aromatic ring is 1. The van der Waals surface area contributed by atoms with Crippen molar-refractivity contribution in [1.29, 1.82) is 0 Å². The Bertz CT molecular complexity index is 1040. The number of piperidine rings is 2. The molecule has 7 nitrogen and oxygen atoms in total. The molecule has 3 atom stereocenters. The number of hydrogen-bond donors (Lipinski definition) is 2. The molecule has 0 aliphatic carbocycles. The number of nitrogens with one attached hydrogen (secondary N) is 1. The number of anilines is 2. The number of likely N-dealkylation sites (N-methyl/N-ethyl adjacent to an activating group) is 1. The van der Waals surface area contributed by atoms with Gasteiger partial charge < -0.3 is 20.9 Å². The number of aryl methyl sites for hydroxylation is 1. The van der Waals surface area contributed by atoms with Crippen LogP contribution in [0.4, 0.5) is 11.5 Å². The van der Waals surface area contributed by atoms with Gasteiger partial charge in [0.25, 0.3) is 0 Å². The van der Waals surface area contributed by atoms with Crippen molar-refractivity contribution in [2.75, 3.05) is 37.7 Å². The van der Waals surface area contributed by atoms with Crippen LogP contribution < -0.4 is 11.1 Å². The molecule has 4 rings (SSSR count). The van der Waals surface area contributed by atoms with E-state index < -0.39 is 11.8 Å². The highest BCUT2D eigenvalue weighted by atomic mass is 16.2. The first-order valence-corrected chi connectivity index (χ1v) is 12.5. The van der Waals surface area contributed by atoms with E-state index in [-0.39, 0.29) is 6.04 Å². The summed E-state index contributed by atoms with van der Waals surface area (Å²) in [5.74, 6) is 0.195. The van der Waals surface area contributed by atoms with Gasteiger partial charge in [-0.05, 0) is 80.3 Å². The van der Waals surface area contributed by atoms with Crippen molar-refractivity contribution in [3.63, 3.8) is 0 Å². The zero-order valence-electron chi connectivity index (χ0n) is 20.6. The second kappa shape index (κ2) is 10.6. The van der Waals surface area contributed by atoms with Crippen molar-refractivity contribution >= 4 is 23.3 Å². The fourth-order valence-electron chi connectivity index (χ4n) is 5.37. The maximum Gasteiger partial charge on any atom is 0.313 e. The van der Waals surface area contributed by atoms with Crippen LogP contribution in [0.5, 0.6) is 0 Å². The maximum atomic E-state index is 13.3. The van der Waals surface area contributed by atoms with E-state index in [0.717, 1.165) is 37.1 Å². The number of hydrogen-bond acceptors (Lipinski definition) is 5. The molecule has 1 aromatic heterocycles. The molecular formula is C27H37N5O2. The summed E-state index contributed by atoms with van der Waals surface area (Å²) in [4.78, 5) is 34.6. The Balaban J connectivity index is 1.53. The number of rotatable bonds is 4. The van der Waals surface area contributed by atoms with E-state index in [1.165, 1.54) is 24.6 Å². The lowest BCUT2D eigenvalue weighted by Gasteiger charge is -2.39. The molecule has 7 heteroatoms. The van der Waals surface area contributed by atoms with Crippen LogP contribution in [0.15, 0.2) is 36.5 Å². The zero-order chi connectivity index (χ0) is 24.2. The van der Waals surface area contributed by atoms with E-state index in [2.05, 4.69) is 53.4 Å². The van der Waals surface area contributed by atoms with E-state index in [1.54, 1.807) is 11.0 Å². The first-order valence-electron chi connectivity index (χ1n) is 12.5. The van der Waals surface area contributed by atoms with Crippen molar-refractivity contribution in [2.45, 2.75) is 57.9 Å². The fourth-order valence-corrected chi connectivity index (χ4v) is 5.37. The molecule has 0 saturated carbocycles. The molecule has 2 aliphatic rings. The van der Waals surface area contributed by atoms with Gasteiger partial charge in [0, 0.05) is 13.1 Å². The second-order valence-electron chi connectivity index (χ2n) is 10.0. The number of aromatic nitrogens is 1. The summed E-state index contributed by atoms with van der Waals surface area (Å²) in [6.45, 7) is 6.90. The maximum absolute atomic E-state index is 13.3. The molecule has 3 N–H and O–H groups in total. The van der Waals surface area contributed by atoms with Crippen LogP contribution in [0.2, 0.25) is 0 Å². The molecule has 2 amide bonds. The van der Waals surface area contributed by atoms with Gasteiger partial charge >= 0.3 is 11.8 Å². The summed E-state index contributed by atoms with van der Waals surface area (Å²) in [5.41, 5.74) is 9.68. The first kappa shape index (κ1) is 24.2. The molecule has 2 aliphatic heterocycles. The van der Waals surface area contributed by atoms with Crippen molar-refractivity contribution < 1.29 is 9.59 Å². The Hall–Kier alpha value is -2.93. The van der Waals surface area contributed by atoms with Gasteiger partial charge in [-0.3, -0.25) is 9.59 Å². The third-order valence-corrected chi connectivity index (χ3v) is 7.30. The van der Waals surface area contributed by atoms with Gasteiger partial charge in [0.2, 0.25) is 0 Å². The third-order valence-electron chi connectivity index (χ3n) is 7.30. The topological polar surface area (TPSA) is 91.6 Å². The molecule has 0 radical (unpaired) electrons. The molecular weight excluding hydrogens is 426 g/mol. The van der Waals surface area contributed by atoms with Gasteiger partial charge in [-0.1, -0.05) is 38.1 Å². The summed E-state index contributed by atoms with van der Waals surface area (Å²) in [6.07, 6.45) is 6.49. The molecule has 1 aromatic carbocycles. The molecule has 2 fully saturated rings. The number of pyridine rings is 1. The van der Waals surface area contributed by atoms with E-state index in [9.17, 15) is 9.59 Å². The summed E-state index contributed by atoms with van der Waals surface area (Å²) < 4.78 is 0. The van der Waals surface area contributed by atoms with E-state index in [1.807, 2.05) is 6.92 Å². The van der Waals surface area contributed by atoms with Crippen LogP contribution in [-0.4, -0.2) is 53.3 Å². The highest BCUT2D eigenvalue weighted by molar-refractivity contribution is 6.39. The molecule has 2 aromatic rings. The number of carbonyl (C=O) groups excluding carboxylic acids is 2. The molecule has 182 valence electrons. The van der Waals surface area contributed by atoms with Crippen molar-refractivity contribution in [3.8, 4) is 0 Å². The predicted octanol–water partition coefficient (Wildman–Crippen LogP) is 3.97. The molecule has 0 spiro atoms. The Labute approximate surface area is 202 Å².